The van der Waals surface area contributed by atoms with E-state index in [9.17, 15) is 10.1 Å². The number of nitrogens with zero attached hydrogens (tertiary/aromatic N) is 2. The van der Waals surface area contributed by atoms with E-state index >= 15 is 0 Å². The molecule has 0 amide bonds. The molecule has 1 N–H and O–H groups in total. The molecule has 0 radical (unpaired) electrons. The maximum absolute atomic E-state index is 11.1. The van der Waals surface area contributed by atoms with Crippen LogP contribution in [0.2, 0.25) is 0 Å². The zero-order valence-corrected chi connectivity index (χ0v) is 12.5. The van der Waals surface area contributed by atoms with Crippen molar-refractivity contribution in [2.45, 2.75) is 19.1 Å². The van der Waals surface area contributed by atoms with Gasteiger partial charge < -0.3 is 19.7 Å². The topological polar surface area (TPSA) is 76.9 Å². The van der Waals surface area contributed by atoms with Crippen LogP contribution in [0.5, 0.6) is 0 Å². The monoisotopic (exact) mass is 295 g/mol. The molecule has 1 aromatic carbocycles. The molecule has 116 valence electrons. The van der Waals surface area contributed by atoms with Gasteiger partial charge in [-0.25, -0.2) is 0 Å². The molecule has 1 fully saturated rings. The zero-order valence-electron chi connectivity index (χ0n) is 12.5. The van der Waals surface area contributed by atoms with Crippen molar-refractivity contribution >= 4 is 17.1 Å². The van der Waals surface area contributed by atoms with Crippen LogP contribution < -0.4 is 10.2 Å². The molecule has 1 aliphatic rings. The van der Waals surface area contributed by atoms with Crippen LogP contribution in [0.15, 0.2) is 18.2 Å². The molecule has 1 aromatic rings. The molecule has 0 aliphatic carbocycles. The number of anilines is 2. The molecule has 2 rings (SSSR count). The maximum atomic E-state index is 11.1. The van der Waals surface area contributed by atoms with Crippen molar-refractivity contribution in [2.24, 2.45) is 0 Å². The summed E-state index contributed by atoms with van der Waals surface area (Å²) in [7, 11) is 3.30. The van der Waals surface area contributed by atoms with Gasteiger partial charge in [0.2, 0.25) is 0 Å². The van der Waals surface area contributed by atoms with E-state index in [1.807, 2.05) is 13.0 Å². The summed E-state index contributed by atoms with van der Waals surface area (Å²) in [5.74, 6) is 0. The quantitative estimate of drug-likeness (QED) is 0.638. The number of non-ortho nitro benzene ring substituents is 1. The first kappa shape index (κ1) is 15.5. The second kappa shape index (κ2) is 6.73. The van der Waals surface area contributed by atoms with Crippen LogP contribution in [-0.2, 0) is 9.47 Å². The van der Waals surface area contributed by atoms with Crippen molar-refractivity contribution in [3.63, 3.8) is 0 Å². The Bertz CT molecular complexity index is 497. The molecule has 1 aliphatic heterocycles. The van der Waals surface area contributed by atoms with Crippen molar-refractivity contribution in [1.82, 2.24) is 0 Å². The average molecular weight is 295 g/mol. The number of nitro groups is 1. The van der Waals surface area contributed by atoms with Gasteiger partial charge in [-0.1, -0.05) is 0 Å². The number of ether oxygens (including phenoxy) is 2. The number of methoxy groups -OCH3 is 2. The largest absolute Gasteiger partial charge is 0.385 e. The van der Waals surface area contributed by atoms with E-state index in [1.165, 1.54) is 0 Å². The molecule has 1 heterocycles. The van der Waals surface area contributed by atoms with E-state index < -0.39 is 0 Å². The SMILES string of the molecule is CCNc1cc(N2CC(OC)C(OC)C2)cc([N+](=O)[O-])c1. The summed E-state index contributed by atoms with van der Waals surface area (Å²) < 4.78 is 10.8. The van der Waals surface area contributed by atoms with E-state index in [2.05, 4.69) is 10.2 Å². The van der Waals surface area contributed by atoms with Gasteiger partial charge >= 0.3 is 0 Å². The number of hydrogen-bond donors (Lipinski definition) is 1. The Morgan fingerprint density at radius 3 is 2.38 bits per heavy atom. The minimum Gasteiger partial charge on any atom is -0.385 e. The maximum Gasteiger partial charge on any atom is 0.273 e. The van der Waals surface area contributed by atoms with Gasteiger partial charge in [-0.05, 0) is 13.0 Å². The summed E-state index contributed by atoms with van der Waals surface area (Å²) in [6.07, 6.45) is -0.0614. The fourth-order valence-corrected chi connectivity index (χ4v) is 2.60. The number of rotatable bonds is 6. The Kier molecular flexibility index (Phi) is 4.98. The van der Waals surface area contributed by atoms with E-state index in [0.29, 0.717) is 19.6 Å². The van der Waals surface area contributed by atoms with Gasteiger partial charge in [-0.2, -0.15) is 0 Å². The minimum absolute atomic E-state index is 0.0307. The summed E-state index contributed by atoms with van der Waals surface area (Å²) in [6, 6.07) is 5.05. The third-order valence-corrected chi connectivity index (χ3v) is 3.68. The van der Waals surface area contributed by atoms with Crippen molar-refractivity contribution in [1.29, 1.82) is 0 Å². The lowest BCUT2D eigenvalue weighted by Crippen LogP contribution is -2.27. The van der Waals surface area contributed by atoms with Crippen LogP contribution in [-0.4, -0.2) is 51.0 Å². The summed E-state index contributed by atoms with van der Waals surface area (Å²) in [4.78, 5) is 12.8. The summed E-state index contributed by atoms with van der Waals surface area (Å²) >= 11 is 0. The Hall–Kier alpha value is -1.86. The second-order valence-electron chi connectivity index (χ2n) is 4.98. The van der Waals surface area contributed by atoms with Gasteiger partial charge in [0.15, 0.2) is 0 Å². The Labute approximate surface area is 124 Å². The van der Waals surface area contributed by atoms with Crippen LogP contribution in [0.4, 0.5) is 17.1 Å². The summed E-state index contributed by atoms with van der Waals surface area (Å²) in [5, 5.41) is 14.2. The second-order valence-corrected chi connectivity index (χ2v) is 4.98. The van der Waals surface area contributed by atoms with Crippen molar-refractivity contribution in [2.75, 3.05) is 44.1 Å². The highest BCUT2D eigenvalue weighted by atomic mass is 16.6. The van der Waals surface area contributed by atoms with Gasteiger partial charge in [0, 0.05) is 57.4 Å². The Morgan fingerprint density at radius 2 is 1.90 bits per heavy atom. The van der Waals surface area contributed by atoms with E-state index in [1.54, 1.807) is 26.4 Å². The normalized spacial score (nSPS) is 21.6. The fraction of sp³-hybridized carbons (Fsp3) is 0.571. The van der Waals surface area contributed by atoms with Crippen LogP contribution >= 0.6 is 0 Å². The number of hydrogen-bond acceptors (Lipinski definition) is 6. The van der Waals surface area contributed by atoms with Crippen LogP contribution in [0.1, 0.15) is 6.92 Å². The molecule has 0 bridgehead atoms. The molecule has 1 saturated heterocycles. The van der Waals surface area contributed by atoms with Crippen LogP contribution in [0.25, 0.3) is 0 Å². The zero-order chi connectivity index (χ0) is 15.4. The molecular formula is C14H21N3O4. The Balaban J connectivity index is 2.28. The smallest absolute Gasteiger partial charge is 0.273 e. The predicted molar refractivity (Wildman–Crippen MR) is 81.1 cm³/mol. The molecule has 0 spiro atoms. The standard InChI is InChI=1S/C14H21N3O4/c1-4-15-10-5-11(7-12(6-10)17(18)19)16-8-13(20-2)14(9-16)21-3/h5-7,13-15H,4,8-9H2,1-3H3. The van der Waals surface area contributed by atoms with E-state index in [0.717, 1.165) is 11.4 Å². The highest BCUT2D eigenvalue weighted by Gasteiger charge is 2.33. The lowest BCUT2D eigenvalue weighted by molar-refractivity contribution is -0.384. The first-order chi connectivity index (χ1) is 10.1. The summed E-state index contributed by atoms with van der Waals surface area (Å²) in [5.41, 5.74) is 1.64. The lowest BCUT2D eigenvalue weighted by Gasteiger charge is -2.19. The number of benzene rings is 1. The molecular weight excluding hydrogens is 274 g/mol. The average Bonchev–Trinajstić information content (AvgIpc) is 2.90. The fourth-order valence-electron chi connectivity index (χ4n) is 2.60. The first-order valence-electron chi connectivity index (χ1n) is 6.93. The van der Waals surface area contributed by atoms with Gasteiger partial charge in [0.25, 0.3) is 5.69 Å². The van der Waals surface area contributed by atoms with Crippen LogP contribution in [0.3, 0.4) is 0 Å². The van der Waals surface area contributed by atoms with Gasteiger partial charge in [-0.15, -0.1) is 0 Å². The molecule has 2 atom stereocenters. The highest BCUT2D eigenvalue weighted by molar-refractivity contribution is 5.65. The van der Waals surface area contributed by atoms with E-state index in [4.69, 9.17) is 9.47 Å². The molecule has 2 unspecified atom stereocenters. The predicted octanol–water partition coefficient (Wildman–Crippen LogP) is 1.88. The van der Waals surface area contributed by atoms with Crippen molar-refractivity contribution in [3.8, 4) is 0 Å². The Morgan fingerprint density at radius 1 is 1.29 bits per heavy atom. The number of nitro benzene ring substituents is 1. The van der Waals surface area contributed by atoms with Gasteiger partial charge in [0.1, 0.15) is 12.2 Å². The molecule has 7 heteroatoms. The number of nitrogens with one attached hydrogen (secondary N) is 1. The molecule has 0 aromatic heterocycles. The molecule has 21 heavy (non-hydrogen) atoms. The highest BCUT2D eigenvalue weighted by Crippen LogP contribution is 2.30. The molecule has 0 saturated carbocycles. The molecule has 7 nitrogen and oxygen atoms in total. The van der Waals surface area contributed by atoms with Gasteiger partial charge in [0.05, 0.1) is 4.92 Å². The minimum atomic E-state index is -0.373. The summed E-state index contributed by atoms with van der Waals surface area (Å²) in [6.45, 7) is 3.97. The van der Waals surface area contributed by atoms with Gasteiger partial charge in [-0.3, -0.25) is 10.1 Å². The first-order valence-corrected chi connectivity index (χ1v) is 6.93. The third-order valence-electron chi connectivity index (χ3n) is 3.68. The van der Waals surface area contributed by atoms with Crippen LogP contribution in [0, 0.1) is 10.1 Å². The third kappa shape index (κ3) is 3.43. The van der Waals surface area contributed by atoms with Crippen molar-refractivity contribution < 1.29 is 14.4 Å². The van der Waals surface area contributed by atoms with E-state index in [-0.39, 0.29) is 22.8 Å². The van der Waals surface area contributed by atoms with Crippen molar-refractivity contribution in [3.05, 3.63) is 28.3 Å². The lowest BCUT2D eigenvalue weighted by atomic mass is 10.2.